The van der Waals surface area contributed by atoms with E-state index in [1.165, 1.54) is 0 Å². The summed E-state index contributed by atoms with van der Waals surface area (Å²) >= 11 is 5.89. The van der Waals surface area contributed by atoms with Crippen molar-refractivity contribution < 1.29 is 14.7 Å². The number of nitrogens with one attached hydrogen (secondary N) is 2. The van der Waals surface area contributed by atoms with Gasteiger partial charge in [0.05, 0.1) is 23.2 Å². The molecule has 3 N–H and O–H groups in total. The number of carbonyl (C=O) groups is 2. The molecular weight excluding hydrogens is 280 g/mol. The number of hydrogen-bond donors (Lipinski definition) is 3. The Kier molecular flexibility index (Phi) is 4.98. The Balaban J connectivity index is 1.70. The average Bonchev–Trinajstić information content (AvgIpc) is 2.40. The zero-order valence-electron chi connectivity index (χ0n) is 10.9. The Morgan fingerprint density at radius 1 is 1.25 bits per heavy atom. The van der Waals surface area contributed by atoms with Gasteiger partial charge < -0.3 is 15.7 Å². The lowest BCUT2D eigenvalue weighted by atomic mass is 9.82. The second-order valence-electron chi connectivity index (χ2n) is 4.96. The van der Waals surface area contributed by atoms with E-state index in [-0.39, 0.29) is 24.5 Å². The zero-order valence-corrected chi connectivity index (χ0v) is 11.7. The molecule has 1 saturated carbocycles. The first-order valence-corrected chi connectivity index (χ1v) is 6.91. The Morgan fingerprint density at radius 2 is 1.95 bits per heavy atom. The molecule has 0 bridgehead atoms. The van der Waals surface area contributed by atoms with Crippen LogP contribution in [0, 0.1) is 5.92 Å². The lowest BCUT2D eigenvalue weighted by Gasteiger charge is -2.31. The molecule has 6 heteroatoms. The average molecular weight is 297 g/mol. The number of carbonyl (C=O) groups excluding carboxylic acids is 2. The summed E-state index contributed by atoms with van der Waals surface area (Å²) in [6.45, 7) is 0.456. The molecule has 1 aliphatic rings. The van der Waals surface area contributed by atoms with Crippen LogP contribution in [0.5, 0.6) is 0 Å². The second-order valence-corrected chi connectivity index (χ2v) is 5.37. The fourth-order valence-electron chi connectivity index (χ4n) is 2.09. The molecule has 2 rings (SSSR count). The topological polar surface area (TPSA) is 78.4 Å². The maximum atomic E-state index is 11.8. The molecule has 0 heterocycles. The summed E-state index contributed by atoms with van der Waals surface area (Å²) < 4.78 is 0. The Morgan fingerprint density at radius 3 is 2.60 bits per heavy atom. The minimum atomic E-state index is -0.371. The first-order chi connectivity index (χ1) is 9.56. The predicted octanol–water partition coefficient (Wildman–Crippen LogP) is 0.957. The molecule has 0 atom stereocenters. The summed E-state index contributed by atoms with van der Waals surface area (Å²) in [5.74, 6) is -0.273. The number of hydrogen-bond acceptors (Lipinski definition) is 3. The zero-order chi connectivity index (χ0) is 14.5. The van der Waals surface area contributed by atoms with Gasteiger partial charge in [0, 0.05) is 6.54 Å². The molecule has 2 amide bonds. The van der Waals surface area contributed by atoms with Crippen molar-refractivity contribution in [1.82, 2.24) is 10.6 Å². The Bertz CT molecular complexity index is 501. The van der Waals surface area contributed by atoms with Gasteiger partial charge in [-0.25, -0.2) is 0 Å². The lowest BCUT2D eigenvalue weighted by molar-refractivity contribution is -0.120. The first-order valence-electron chi connectivity index (χ1n) is 6.53. The molecule has 1 aliphatic carbocycles. The minimum Gasteiger partial charge on any atom is -0.393 e. The molecule has 0 radical (unpaired) electrons. The van der Waals surface area contributed by atoms with E-state index in [9.17, 15) is 9.59 Å². The third kappa shape index (κ3) is 3.95. The summed E-state index contributed by atoms with van der Waals surface area (Å²) in [6, 6.07) is 6.67. The van der Waals surface area contributed by atoms with E-state index >= 15 is 0 Å². The first kappa shape index (κ1) is 14.8. The number of halogens is 1. The van der Waals surface area contributed by atoms with Crippen molar-refractivity contribution >= 4 is 23.4 Å². The molecule has 1 fully saturated rings. The van der Waals surface area contributed by atoms with E-state index in [0.717, 1.165) is 12.8 Å². The van der Waals surface area contributed by atoms with Crippen molar-refractivity contribution in [2.24, 2.45) is 5.92 Å². The summed E-state index contributed by atoms with van der Waals surface area (Å²) in [7, 11) is 0. The van der Waals surface area contributed by atoms with E-state index < -0.39 is 0 Å². The quantitative estimate of drug-likeness (QED) is 0.757. The van der Waals surface area contributed by atoms with Gasteiger partial charge in [-0.05, 0) is 30.9 Å². The third-order valence-electron chi connectivity index (χ3n) is 3.33. The van der Waals surface area contributed by atoms with Gasteiger partial charge in [0.2, 0.25) is 5.91 Å². The number of benzene rings is 1. The van der Waals surface area contributed by atoms with Crippen LogP contribution in [0.25, 0.3) is 0 Å². The largest absolute Gasteiger partial charge is 0.393 e. The van der Waals surface area contributed by atoms with Gasteiger partial charge in [0.25, 0.3) is 5.91 Å². The van der Waals surface area contributed by atoms with Gasteiger partial charge in [-0.15, -0.1) is 0 Å². The van der Waals surface area contributed by atoms with Crippen LogP contribution in [-0.2, 0) is 4.79 Å². The molecule has 5 nitrogen and oxygen atoms in total. The fraction of sp³-hybridized carbons (Fsp3) is 0.429. The van der Waals surface area contributed by atoms with Crippen molar-refractivity contribution in [3.63, 3.8) is 0 Å². The SMILES string of the molecule is O=C(CNC(=O)c1ccccc1Cl)NCC1CC(O)C1. The summed E-state index contributed by atoms with van der Waals surface area (Å²) in [6.07, 6.45) is 1.23. The van der Waals surface area contributed by atoms with Gasteiger partial charge in [-0.2, -0.15) is 0 Å². The molecule has 0 spiro atoms. The lowest BCUT2D eigenvalue weighted by Crippen LogP contribution is -2.42. The molecule has 0 aromatic heterocycles. The number of amides is 2. The van der Waals surface area contributed by atoms with E-state index in [4.69, 9.17) is 16.7 Å². The molecule has 0 aliphatic heterocycles. The predicted molar refractivity (Wildman–Crippen MR) is 75.5 cm³/mol. The van der Waals surface area contributed by atoms with Crippen LogP contribution in [0.1, 0.15) is 23.2 Å². The molecule has 1 aromatic rings. The second kappa shape index (κ2) is 6.72. The molecule has 108 valence electrons. The highest BCUT2D eigenvalue weighted by Gasteiger charge is 2.27. The maximum absolute atomic E-state index is 11.8. The Hall–Kier alpha value is -1.59. The van der Waals surface area contributed by atoms with Crippen LogP contribution in [0.3, 0.4) is 0 Å². The van der Waals surface area contributed by atoms with Crippen LogP contribution in [0.15, 0.2) is 24.3 Å². The van der Waals surface area contributed by atoms with Gasteiger partial charge in [0.1, 0.15) is 0 Å². The van der Waals surface area contributed by atoms with Crippen LogP contribution >= 0.6 is 11.6 Å². The number of aliphatic hydroxyl groups excluding tert-OH is 1. The number of aliphatic hydroxyl groups is 1. The highest BCUT2D eigenvalue weighted by atomic mass is 35.5. The minimum absolute atomic E-state index is 0.0840. The fourth-order valence-corrected chi connectivity index (χ4v) is 2.31. The molecule has 0 unspecified atom stereocenters. The smallest absolute Gasteiger partial charge is 0.253 e. The monoisotopic (exact) mass is 296 g/mol. The van der Waals surface area contributed by atoms with Crippen molar-refractivity contribution in [3.8, 4) is 0 Å². The van der Waals surface area contributed by atoms with E-state index in [0.29, 0.717) is 23.0 Å². The van der Waals surface area contributed by atoms with Crippen molar-refractivity contribution in [3.05, 3.63) is 34.9 Å². The van der Waals surface area contributed by atoms with E-state index in [1.54, 1.807) is 24.3 Å². The standard InChI is InChI=1S/C14H17ClN2O3/c15-12-4-2-1-3-11(12)14(20)17-8-13(19)16-7-9-5-10(18)6-9/h1-4,9-10,18H,5-8H2,(H,16,19)(H,17,20). The van der Waals surface area contributed by atoms with Crippen LogP contribution in [0.2, 0.25) is 5.02 Å². The van der Waals surface area contributed by atoms with Crippen LogP contribution in [0.4, 0.5) is 0 Å². The molecular formula is C14H17ClN2O3. The highest BCUT2D eigenvalue weighted by molar-refractivity contribution is 6.33. The third-order valence-corrected chi connectivity index (χ3v) is 3.66. The molecule has 0 saturated heterocycles. The van der Waals surface area contributed by atoms with Crippen LogP contribution < -0.4 is 10.6 Å². The highest BCUT2D eigenvalue weighted by Crippen LogP contribution is 2.25. The van der Waals surface area contributed by atoms with Gasteiger partial charge in [0.15, 0.2) is 0 Å². The number of rotatable bonds is 5. The van der Waals surface area contributed by atoms with Gasteiger partial charge >= 0.3 is 0 Å². The van der Waals surface area contributed by atoms with Crippen molar-refractivity contribution in [2.75, 3.05) is 13.1 Å². The molecule has 1 aromatic carbocycles. The summed E-state index contributed by atoms with van der Waals surface area (Å²) in [5.41, 5.74) is 0.351. The van der Waals surface area contributed by atoms with Crippen molar-refractivity contribution in [2.45, 2.75) is 18.9 Å². The summed E-state index contributed by atoms with van der Waals surface area (Å²) in [4.78, 5) is 23.4. The molecule has 20 heavy (non-hydrogen) atoms. The maximum Gasteiger partial charge on any atom is 0.253 e. The van der Waals surface area contributed by atoms with Gasteiger partial charge in [-0.1, -0.05) is 23.7 Å². The van der Waals surface area contributed by atoms with Gasteiger partial charge in [-0.3, -0.25) is 9.59 Å². The van der Waals surface area contributed by atoms with E-state index in [2.05, 4.69) is 10.6 Å². The Labute approximate surface area is 122 Å². The van der Waals surface area contributed by atoms with Crippen molar-refractivity contribution in [1.29, 1.82) is 0 Å². The summed E-state index contributed by atoms with van der Waals surface area (Å²) in [5, 5.41) is 14.7. The normalized spacial score (nSPS) is 20.9. The van der Waals surface area contributed by atoms with E-state index in [1.807, 2.05) is 0 Å². The van der Waals surface area contributed by atoms with Crippen LogP contribution in [-0.4, -0.2) is 36.1 Å².